The van der Waals surface area contributed by atoms with Crippen LogP contribution in [0.2, 0.25) is 0 Å². The number of H-pyrrole nitrogens is 1. The normalized spacial score (nSPS) is 12.1. The van der Waals surface area contributed by atoms with E-state index in [1.165, 1.54) is 0 Å². The number of ketones is 1. The van der Waals surface area contributed by atoms with Crippen molar-refractivity contribution >= 4 is 22.6 Å². The molecular formula is C26H25N3O2. The van der Waals surface area contributed by atoms with E-state index in [1.54, 1.807) is 25.4 Å². The third-order valence-corrected chi connectivity index (χ3v) is 5.53. The van der Waals surface area contributed by atoms with Gasteiger partial charge < -0.3 is 10.3 Å². The fourth-order valence-corrected chi connectivity index (χ4v) is 3.95. The summed E-state index contributed by atoms with van der Waals surface area (Å²) < 4.78 is 0. The first kappa shape index (κ1) is 20.6. The van der Waals surface area contributed by atoms with Crippen molar-refractivity contribution in [2.24, 2.45) is 0 Å². The smallest absolute Gasteiger partial charge is 0.251 e. The third kappa shape index (κ3) is 4.27. The van der Waals surface area contributed by atoms with E-state index < -0.39 is 6.04 Å². The van der Waals surface area contributed by atoms with Crippen LogP contribution in [0.4, 0.5) is 0 Å². The Hall–Kier alpha value is -3.70. The average Bonchev–Trinajstić information content (AvgIpc) is 3.24. The summed E-state index contributed by atoms with van der Waals surface area (Å²) in [7, 11) is 3.57. The van der Waals surface area contributed by atoms with E-state index in [-0.39, 0.29) is 11.7 Å². The van der Waals surface area contributed by atoms with Gasteiger partial charge in [0.1, 0.15) is 0 Å². The van der Waals surface area contributed by atoms with Gasteiger partial charge in [0, 0.05) is 41.8 Å². The minimum atomic E-state index is -0.431. The molecule has 0 unspecified atom stereocenters. The maximum absolute atomic E-state index is 13.7. The second-order valence-electron chi connectivity index (χ2n) is 7.62. The minimum Gasteiger partial charge on any atom is -0.360 e. The molecule has 1 aromatic heterocycles. The van der Waals surface area contributed by atoms with Gasteiger partial charge >= 0.3 is 0 Å². The van der Waals surface area contributed by atoms with Gasteiger partial charge in [0.25, 0.3) is 5.91 Å². The molecule has 0 saturated carbocycles. The number of carbonyl (C=O) groups is 2. The highest BCUT2D eigenvalue weighted by Crippen LogP contribution is 2.29. The van der Waals surface area contributed by atoms with E-state index in [0.29, 0.717) is 17.7 Å². The van der Waals surface area contributed by atoms with Crippen LogP contribution in [0.25, 0.3) is 10.9 Å². The lowest BCUT2D eigenvalue weighted by atomic mass is 9.95. The number of hydrogen-bond acceptors (Lipinski definition) is 3. The number of hydrogen-bond donors (Lipinski definition) is 2. The maximum Gasteiger partial charge on any atom is 0.251 e. The number of Topliss-reactive ketones (excluding diaryl/α,β-unsaturated/α-hetero) is 1. The Bertz CT molecular complexity index is 1200. The van der Waals surface area contributed by atoms with Crippen molar-refractivity contribution in [1.82, 2.24) is 15.2 Å². The van der Waals surface area contributed by atoms with Crippen molar-refractivity contribution in [3.63, 3.8) is 0 Å². The third-order valence-electron chi connectivity index (χ3n) is 5.53. The van der Waals surface area contributed by atoms with E-state index in [1.807, 2.05) is 78.7 Å². The second kappa shape index (κ2) is 8.98. The lowest BCUT2D eigenvalue weighted by molar-refractivity contribution is 0.0844. The van der Waals surface area contributed by atoms with Gasteiger partial charge in [-0.3, -0.25) is 14.5 Å². The molecule has 0 fully saturated rings. The average molecular weight is 412 g/mol. The fourth-order valence-electron chi connectivity index (χ4n) is 3.95. The molecule has 0 radical (unpaired) electrons. The molecule has 0 aliphatic heterocycles. The first-order valence-electron chi connectivity index (χ1n) is 10.2. The summed E-state index contributed by atoms with van der Waals surface area (Å²) in [4.78, 5) is 30.8. The SMILES string of the molecule is CNC(=O)c1ccc(CN(C)[C@H](C(=O)c2c[nH]c3ccccc23)c2ccccc2)cc1. The Kier molecular flexibility index (Phi) is 5.96. The highest BCUT2D eigenvalue weighted by Gasteiger charge is 2.28. The van der Waals surface area contributed by atoms with Crippen LogP contribution in [0.3, 0.4) is 0 Å². The first-order valence-corrected chi connectivity index (χ1v) is 10.2. The molecule has 1 amide bonds. The lowest BCUT2D eigenvalue weighted by Gasteiger charge is -2.27. The van der Waals surface area contributed by atoms with E-state index in [2.05, 4.69) is 10.3 Å². The predicted molar refractivity (Wildman–Crippen MR) is 123 cm³/mol. The molecule has 3 aromatic carbocycles. The van der Waals surface area contributed by atoms with Crippen LogP contribution >= 0.6 is 0 Å². The number of fused-ring (bicyclic) bond motifs is 1. The number of aromatic amines is 1. The molecule has 156 valence electrons. The van der Waals surface area contributed by atoms with Crippen molar-refractivity contribution in [2.75, 3.05) is 14.1 Å². The molecule has 4 rings (SSSR count). The highest BCUT2D eigenvalue weighted by atomic mass is 16.1. The Balaban J connectivity index is 1.65. The van der Waals surface area contributed by atoms with Crippen molar-refractivity contribution in [3.05, 3.63) is 107 Å². The van der Waals surface area contributed by atoms with E-state index in [9.17, 15) is 9.59 Å². The van der Waals surface area contributed by atoms with Crippen LogP contribution in [-0.2, 0) is 6.54 Å². The molecule has 0 aliphatic rings. The lowest BCUT2D eigenvalue weighted by Crippen LogP contribution is -2.30. The van der Waals surface area contributed by atoms with E-state index in [4.69, 9.17) is 0 Å². The van der Waals surface area contributed by atoms with Crippen LogP contribution in [0.5, 0.6) is 0 Å². The Morgan fingerprint density at radius 2 is 1.61 bits per heavy atom. The standard InChI is InChI=1S/C26H25N3O2/c1-27-26(31)20-14-12-18(13-15-20)17-29(2)24(19-8-4-3-5-9-19)25(30)22-16-28-23-11-7-6-10-21(22)23/h3-16,24,28H,17H2,1-2H3,(H,27,31)/t24-/m0/s1. The predicted octanol–water partition coefficient (Wildman–Crippen LogP) is 4.58. The molecule has 0 aliphatic carbocycles. The summed E-state index contributed by atoms with van der Waals surface area (Å²) in [5.41, 5.74) is 4.23. The molecule has 4 aromatic rings. The summed E-state index contributed by atoms with van der Waals surface area (Å²) in [6, 6.07) is 24.7. The van der Waals surface area contributed by atoms with Crippen molar-refractivity contribution in [3.8, 4) is 0 Å². The number of likely N-dealkylation sites (N-methyl/N-ethyl adjacent to an activating group) is 1. The van der Waals surface area contributed by atoms with Crippen LogP contribution < -0.4 is 5.32 Å². The van der Waals surface area contributed by atoms with Crippen molar-refractivity contribution < 1.29 is 9.59 Å². The molecule has 0 spiro atoms. The van der Waals surface area contributed by atoms with Gasteiger partial charge in [0.05, 0.1) is 6.04 Å². The van der Waals surface area contributed by atoms with Gasteiger partial charge in [-0.15, -0.1) is 0 Å². The molecular weight excluding hydrogens is 386 g/mol. The number of nitrogens with zero attached hydrogens (tertiary/aromatic N) is 1. The van der Waals surface area contributed by atoms with Crippen molar-refractivity contribution in [2.45, 2.75) is 12.6 Å². The topological polar surface area (TPSA) is 65.2 Å². The summed E-state index contributed by atoms with van der Waals surface area (Å²) in [5, 5.41) is 3.56. The van der Waals surface area contributed by atoms with Gasteiger partial charge in [-0.1, -0.05) is 60.7 Å². The minimum absolute atomic E-state index is 0.0492. The van der Waals surface area contributed by atoms with Gasteiger partial charge in [0.15, 0.2) is 5.78 Å². The quantitative estimate of drug-likeness (QED) is 0.438. The monoisotopic (exact) mass is 411 g/mol. The number of carbonyl (C=O) groups excluding carboxylic acids is 2. The highest BCUT2D eigenvalue weighted by molar-refractivity contribution is 6.10. The number of para-hydroxylation sites is 1. The molecule has 5 heteroatoms. The largest absolute Gasteiger partial charge is 0.360 e. The molecule has 0 saturated heterocycles. The Morgan fingerprint density at radius 3 is 2.32 bits per heavy atom. The van der Waals surface area contributed by atoms with E-state index >= 15 is 0 Å². The first-order chi connectivity index (χ1) is 15.1. The number of aromatic nitrogens is 1. The fraction of sp³-hybridized carbons (Fsp3) is 0.154. The molecule has 0 bridgehead atoms. The molecule has 1 atom stereocenters. The molecule has 1 heterocycles. The number of benzene rings is 3. The Morgan fingerprint density at radius 1 is 0.935 bits per heavy atom. The maximum atomic E-state index is 13.7. The summed E-state index contributed by atoms with van der Waals surface area (Å²) in [6.45, 7) is 0.571. The number of rotatable bonds is 7. The number of nitrogens with one attached hydrogen (secondary N) is 2. The van der Waals surface area contributed by atoms with Gasteiger partial charge in [0.2, 0.25) is 0 Å². The zero-order valence-electron chi connectivity index (χ0n) is 17.6. The Labute approximate surface area is 181 Å². The van der Waals surface area contributed by atoms with Crippen LogP contribution in [0, 0.1) is 0 Å². The summed E-state index contributed by atoms with van der Waals surface area (Å²) in [5.74, 6) is -0.0651. The number of amides is 1. The zero-order chi connectivity index (χ0) is 21.8. The molecule has 31 heavy (non-hydrogen) atoms. The van der Waals surface area contributed by atoms with E-state index in [0.717, 1.165) is 22.0 Å². The van der Waals surface area contributed by atoms with Gasteiger partial charge in [-0.2, -0.15) is 0 Å². The van der Waals surface area contributed by atoms with Crippen LogP contribution in [-0.4, -0.2) is 35.7 Å². The molecule has 2 N–H and O–H groups in total. The summed E-state index contributed by atoms with van der Waals surface area (Å²) >= 11 is 0. The van der Waals surface area contributed by atoms with Crippen LogP contribution in [0.15, 0.2) is 85.1 Å². The molecule has 5 nitrogen and oxygen atoms in total. The van der Waals surface area contributed by atoms with Gasteiger partial charge in [-0.05, 0) is 36.4 Å². The second-order valence-corrected chi connectivity index (χ2v) is 7.62. The van der Waals surface area contributed by atoms with Crippen LogP contribution in [0.1, 0.15) is 37.9 Å². The van der Waals surface area contributed by atoms with Gasteiger partial charge in [-0.25, -0.2) is 0 Å². The zero-order valence-corrected chi connectivity index (χ0v) is 17.6. The summed E-state index contributed by atoms with van der Waals surface area (Å²) in [6.07, 6.45) is 1.80. The van der Waals surface area contributed by atoms with Crippen molar-refractivity contribution in [1.29, 1.82) is 0 Å².